The van der Waals surface area contributed by atoms with Crippen LogP contribution in [-0.4, -0.2) is 14.5 Å². The molecule has 0 aliphatic heterocycles. The molecule has 20 heavy (non-hydrogen) atoms. The van der Waals surface area contributed by atoms with Crippen molar-refractivity contribution < 1.29 is 8.42 Å². The van der Waals surface area contributed by atoms with Crippen molar-refractivity contribution in [3.63, 3.8) is 0 Å². The Labute approximate surface area is 125 Å². The zero-order valence-corrected chi connectivity index (χ0v) is 13.2. The second kappa shape index (κ2) is 6.43. The molecule has 112 valence electrons. The van der Waals surface area contributed by atoms with E-state index in [1.807, 2.05) is 6.92 Å². The van der Waals surface area contributed by atoms with Crippen molar-refractivity contribution in [2.45, 2.75) is 50.1 Å². The monoisotopic (exact) mass is 316 g/mol. The molecule has 1 atom stereocenters. The Hall–Kier alpha value is -0.620. The van der Waals surface area contributed by atoms with Crippen LogP contribution in [0.15, 0.2) is 23.1 Å². The largest absolute Gasteiger partial charge is 0.326 e. The molecule has 1 saturated carbocycles. The molecule has 0 aromatic heterocycles. The fraction of sp³-hybridized carbons (Fsp3) is 0.571. The van der Waals surface area contributed by atoms with Crippen LogP contribution in [0.5, 0.6) is 0 Å². The lowest BCUT2D eigenvalue weighted by molar-refractivity contribution is 0.424. The summed E-state index contributed by atoms with van der Waals surface area (Å²) in [6, 6.07) is 4.61. The predicted octanol–water partition coefficient (Wildman–Crippen LogP) is 2.66. The van der Waals surface area contributed by atoms with Crippen molar-refractivity contribution in [1.29, 1.82) is 0 Å². The summed E-state index contributed by atoms with van der Waals surface area (Å²) in [7, 11) is -3.51. The first kappa shape index (κ1) is 15.8. The molecule has 2 rings (SSSR count). The SMILES string of the molecule is CC(NS(=O)(=O)c1ccc(Cl)c(CN)c1)C1CCCC1. The zero-order valence-electron chi connectivity index (χ0n) is 11.6. The van der Waals surface area contributed by atoms with Gasteiger partial charge in [0.2, 0.25) is 10.0 Å². The molecule has 3 N–H and O–H groups in total. The Balaban J connectivity index is 2.17. The molecule has 0 heterocycles. The van der Waals surface area contributed by atoms with Gasteiger partial charge in [0.15, 0.2) is 0 Å². The lowest BCUT2D eigenvalue weighted by atomic mass is 10.0. The molecular formula is C14H21ClN2O2S. The fourth-order valence-corrected chi connectivity index (χ4v) is 4.30. The summed E-state index contributed by atoms with van der Waals surface area (Å²) in [5.41, 5.74) is 6.21. The van der Waals surface area contributed by atoms with Gasteiger partial charge in [-0.15, -0.1) is 0 Å². The molecule has 4 nitrogen and oxygen atoms in total. The number of sulfonamides is 1. The standard InChI is InChI=1S/C14H21ClN2O2S/c1-10(11-4-2-3-5-11)17-20(18,19)13-6-7-14(15)12(8-13)9-16/h6-8,10-11,17H,2-5,9,16H2,1H3. The van der Waals surface area contributed by atoms with E-state index < -0.39 is 10.0 Å². The molecule has 0 radical (unpaired) electrons. The van der Waals surface area contributed by atoms with E-state index in [4.69, 9.17) is 17.3 Å². The lowest BCUT2D eigenvalue weighted by Gasteiger charge is -2.20. The topological polar surface area (TPSA) is 72.2 Å². The van der Waals surface area contributed by atoms with Crippen LogP contribution in [0.2, 0.25) is 5.02 Å². The van der Waals surface area contributed by atoms with Crippen LogP contribution in [-0.2, 0) is 16.6 Å². The van der Waals surface area contributed by atoms with Gasteiger partial charge >= 0.3 is 0 Å². The molecule has 1 aliphatic rings. The van der Waals surface area contributed by atoms with Crippen LogP contribution >= 0.6 is 11.6 Å². The summed E-state index contributed by atoms with van der Waals surface area (Å²) in [5, 5.41) is 0.496. The van der Waals surface area contributed by atoms with E-state index in [0.717, 1.165) is 12.8 Å². The average molecular weight is 317 g/mol. The molecule has 0 bridgehead atoms. The number of nitrogens with two attached hydrogens (primary N) is 1. The van der Waals surface area contributed by atoms with Gasteiger partial charge in [0.25, 0.3) is 0 Å². The Morgan fingerprint density at radius 1 is 1.40 bits per heavy atom. The van der Waals surface area contributed by atoms with Gasteiger partial charge in [-0.3, -0.25) is 0 Å². The molecule has 0 amide bonds. The second-order valence-corrected chi connectivity index (χ2v) is 7.53. The minimum Gasteiger partial charge on any atom is -0.326 e. The van der Waals surface area contributed by atoms with Crippen molar-refractivity contribution in [1.82, 2.24) is 4.72 Å². The Bertz CT molecular complexity index is 569. The number of benzene rings is 1. The molecule has 0 spiro atoms. The van der Waals surface area contributed by atoms with Gasteiger partial charge in [-0.2, -0.15) is 0 Å². The first-order valence-corrected chi connectivity index (χ1v) is 8.81. The van der Waals surface area contributed by atoms with Gasteiger partial charge in [0, 0.05) is 17.6 Å². The molecule has 1 aliphatic carbocycles. The van der Waals surface area contributed by atoms with Crippen LogP contribution in [0.1, 0.15) is 38.2 Å². The van der Waals surface area contributed by atoms with E-state index in [0.29, 0.717) is 16.5 Å². The Morgan fingerprint density at radius 3 is 2.65 bits per heavy atom. The zero-order chi connectivity index (χ0) is 14.8. The van der Waals surface area contributed by atoms with Gasteiger partial charge < -0.3 is 5.73 Å². The normalized spacial score (nSPS) is 18.4. The Morgan fingerprint density at radius 2 is 2.05 bits per heavy atom. The molecule has 1 fully saturated rings. The van der Waals surface area contributed by atoms with Gasteiger partial charge in [-0.05, 0) is 49.4 Å². The van der Waals surface area contributed by atoms with Crippen LogP contribution in [0.25, 0.3) is 0 Å². The average Bonchev–Trinajstić information content (AvgIpc) is 2.92. The molecule has 6 heteroatoms. The van der Waals surface area contributed by atoms with Gasteiger partial charge in [0.1, 0.15) is 0 Å². The minimum atomic E-state index is -3.51. The second-order valence-electron chi connectivity index (χ2n) is 5.41. The highest BCUT2D eigenvalue weighted by molar-refractivity contribution is 7.89. The van der Waals surface area contributed by atoms with E-state index in [1.165, 1.54) is 18.9 Å². The minimum absolute atomic E-state index is 0.0421. The van der Waals surface area contributed by atoms with Gasteiger partial charge in [-0.25, -0.2) is 13.1 Å². The van der Waals surface area contributed by atoms with E-state index in [2.05, 4.69) is 4.72 Å². The summed E-state index contributed by atoms with van der Waals surface area (Å²) in [5.74, 6) is 0.436. The first-order valence-electron chi connectivity index (χ1n) is 6.95. The summed E-state index contributed by atoms with van der Waals surface area (Å²) in [4.78, 5) is 0.229. The summed E-state index contributed by atoms with van der Waals surface area (Å²) < 4.78 is 27.5. The number of nitrogens with one attached hydrogen (secondary N) is 1. The summed E-state index contributed by atoms with van der Waals surface area (Å²) in [6.07, 6.45) is 4.57. The fourth-order valence-electron chi connectivity index (χ4n) is 2.74. The first-order chi connectivity index (χ1) is 9.44. The third-order valence-corrected chi connectivity index (χ3v) is 5.92. The highest BCUT2D eigenvalue weighted by atomic mass is 35.5. The van der Waals surface area contributed by atoms with Crippen LogP contribution in [0.4, 0.5) is 0 Å². The number of rotatable bonds is 5. The number of halogens is 1. The van der Waals surface area contributed by atoms with E-state index >= 15 is 0 Å². The maximum Gasteiger partial charge on any atom is 0.240 e. The van der Waals surface area contributed by atoms with Crippen molar-refractivity contribution in [3.8, 4) is 0 Å². The van der Waals surface area contributed by atoms with E-state index in [9.17, 15) is 8.42 Å². The van der Waals surface area contributed by atoms with Crippen LogP contribution < -0.4 is 10.5 Å². The molecule has 1 aromatic carbocycles. The van der Waals surface area contributed by atoms with Crippen LogP contribution in [0.3, 0.4) is 0 Å². The molecule has 0 saturated heterocycles. The molecule has 1 unspecified atom stereocenters. The third kappa shape index (κ3) is 3.52. The van der Waals surface area contributed by atoms with Crippen molar-refractivity contribution in [2.75, 3.05) is 0 Å². The number of hydrogen-bond donors (Lipinski definition) is 2. The Kier molecular flexibility index (Phi) is 5.07. The predicted molar refractivity (Wildman–Crippen MR) is 81.1 cm³/mol. The highest BCUT2D eigenvalue weighted by Gasteiger charge is 2.26. The third-order valence-electron chi connectivity index (χ3n) is 4.00. The van der Waals surface area contributed by atoms with Gasteiger partial charge in [0.05, 0.1) is 4.90 Å². The maximum absolute atomic E-state index is 12.4. The number of hydrogen-bond acceptors (Lipinski definition) is 3. The molecule has 1 aromatic rings. The van der Waals surface area contributed by atoms with Crippen molar-refractivity contribution in [2.24, 2.45) is 11.7 Å². The highest BCUT2D eigenvalue weighted by Crippen LogP contribution is 2.28. The van der Waals surface area contributed by atoms with Crippen molar-refractivity contribution in [3.05, 3.63) is 28.8 Å². The van der Waals surface area contributed by atoms with Crippen LogP contribution in [0, 0.1) is 5.92 Å². The van der Waals surface area contributed by atoms with E-state index in [-0.39, 0.29) is 17.5 Å². The van der Waals surface area contributed by atoms with E-state index in [1.54, 1.807) is 12.1 Å². The summed E-state index contributed by atoms with van der Waals surface area (Å²) in [6.45, 7) is 2.16. The smallest absolute Gasteiger partial charge is 0.240 e. The molecular weight excluding hydrogens is 296 g/mol. The van der Waals surface area contributed by atoms with Crippen molar-refractivity contribution >= 4 is 21.6 Å². The quantitative estimate of drug-likeness (QED) is 0.877. The lowest BCUT2D eigenvalue weighted by Crippen LogP contribution is -2.37. The van der Waals surface area contributed by atoms with Gasteiger partial charge in [-0.1, -0.05) is 24.4 Å². The maximum atomic E-state index is 12.4. The summed E-state index contributed by atoms with van der Waals surface area (Å²) >= 11 is 5.96.